The van der Waals surface area contributed by atoms with Crippen LogP contribution in [0.15, 0.2) is 48.5 Å². The van der Waals surface area contributed by atoms with Gasteiger partial charge in [-0.2, -0.15) is 0 Å². The molecule has 2 N–H and O–H groups in total. The summed E-state index contributed by atoms with van der Waals surface area (Å²) in [4.78, 5) is 17.1. The molecule has 1 amide bonds. The highest BCUT2D eigenvalue weighted by molar-refractivity contribution is 14.1. The number of hydrogen-bond donors (Lipinski definition) is 2. The van der Waals surface area contributed by atoms with Crippen LogP contribution in [0.3, 0.4) is 0 Å². The van der Waals surface area contributed by atoms with Gasteiger partial charge in [-0.3, -0.25) is 4.90 Å². The minimum Gasteiger partial charge on any atom is -0.448 e. The molecule has 0 aromatic heterocycles. The lowest BCUT2D eigenvalue weighted by Crippen LogP contribution is -2.49. The second-order valence-electron chi connectivity index (χ2n) is 10.0. The molecular formula is C29H32BIN2O4. The fourth-order valence-electron chi connectivity index (χ4n) is 5.88. The van der Waals surface area contributed by atoms with Crippen molar-refractivity contribution in [2.45, 2.75) is 33.2 Å². The molecule has 192 valence electrons. The van der Waals surface area contributed by atoms with E-state index in [9.17, 15) is 14.8 Å². The average Bonchev–Trinajstić information content (AvgIpc) is 3.22. The number of amides is 1. The number of piperazine rings is 1. The first-order valence-electron chi connectivity index (χ1n) is 12.7. The number of ether oxygens (including phenoxy) is 1. The standard InChI is InChI=1S/C29H32BIN2O4/c1-18-25(19(2)28(31)20(3)27(18)30(35)36)16-32-12-14-33(15-13-32)29(34)37-17-26-23-10-6-4-8-21(23)22-9-5-7-11-24(22)26/h4-11,26,35-36H,12-17H2,1-3H3. The summed E-state index contributed by atoms with van der Waals surface area (Å²) in [6, 6.07) is 16.7. The molecule has 3 aromatic carbocycles. The van der Waals surface area contributed by atoms with Crippen molar-refractivity contribution in [3.63, 3.8) is 0 Å². The Kier molecular flexibility index (Phi) is 7.63. The second kappa shape index (κ2) is 10.8. The molecule has 0 spiro atoms. The Morgan fingerprint density at radius 1 is 0.919 bits per heavy atom. The van der Waals surface area contributed by atoms with Gasteiger partial charge in [0.15, 0.2) is 0 Å². The van der Waals surface area contributed by atoms with Crippen LogP contribution in [-0.4, -0.2) is 65.8 Å². The Morgan fingerprint density at radius 3 is 2.05 bits per heavy atom. The molecular weight excluding hydrogens is 578 g/mol. The van der Waals surface area contributed by atoms with E-state index in [4.69, 9.17) is 4.74 Å². The third-order valence-corrected chi connectivity index (χ3v) is 9.60. The number of fused-ring (bicyclic) bond motifs is 3. The molecule has 1 saturated heterocycles. The van der Waals surface area contributed by atoms with E-state index in [0.29, 0.717) is 31.7 Å². The number of nitrogens with zero attached hydrogens (tertiary/aromatic N) is 2. The third-order valence-electron chi connectivity index (χ3n) is 7.98. The van der Waals surface area contributed by atoms with E-state index in [2.05, 4.69) is 70.8 Å². The summed E-state index contributed by atoms with van der Waals surface area (Å²) >= 11 is 2.29. The highest BCUT2D eigenvalue weighted by atomic mass is 127. The van der Waals surface area contributed by atoms with E-state index in [1.807, 2.05) is 26.0 Å². The number of carbonyl (C=O) groups is 1. The van der Waals surface area contributed by atoms with Crippen molar-refractivity contribution in [1.29, 1.82) is 0 Å². The number of halogens is 1. The topological polar surface area (TPSA) is 73.2 Å². The van der Waals surface area contributed by atoms with E-state index in [-0.39, 0.29) is 12.0 Å². The zero-order chi connectivity index (χ0) is 26.3. The lowest BCUT2D eigenvalue weighted by atomic mass is 9.72. The van der Waals surface area contributed by atoms with Crippen LogP contribution in [0.1, 0.15) is 39.3 Å². The van der Waals surface area contributed by atoms with E-state index >= 15 is 0 Å². The van der Waals surface area contributed by atoms with Crippen LogP contribution in [-0.2, 0) is 11.3 Å². The van der Waals surface area contributed by atoms with Crippen molar-refractivity contribution in [2.24, 2.45) is 0 Å². The van der Waals surface area contributed by atoms with Gasteiger partial charge in [0.2, 0.25) is 0 Å². The zero-order valence-electron chi connectivity index (χ0n) is 21.5. The quantitative estimate of drug-likeness (QED) is 0.338. The highest BCUT2D eigenvalue weighted by Crippen LogP contribution is 2.44. The molecule has 8 heteroatoms. The van der Waals surface area contributed by atoms with Gasteiger partial charge >= 0.3 is 13.2 Å². The predicted octanol–water partition coefficient (Wildman–Crippen LogP) is 3.96. The Morgan fingerprint density at radius 2 is 1.49 bits per heavy atom. The van der Waals surface area contributed by atoms with Crippen LogP contribution in [0.25, 0.3) is 11.1 Å². The smallest absolute Gasteiger partial charge is 0.448 e. The van der Waals surface area contributed by atoms with Gasteiger partial charge in [-0.15, -0.1) is 0 Å². The monoisotopic (exact) mass is 610 g/mol. The van der Waals surface area contributed by atoms with Crippen LogP contribution >= 0.6 is 22.6 Å². The maximum atomic E-state index is 13.0. The molecule has 6 nitrogen and oxygen atoms in total. The van der Waals surface area contributed by atoms with Crippen LogP contribution in [0, 0.1) is 24.3 Å². The molecule has 1 aliphatic carbocycles. The van der Waals surface area contributed by atoms with E-state index < -0.39 is 7.12 Å². The summed E-state index contributed by atoms with van der Waals surface area (Å²) in [5.41, 5.74) is 9.65. The minimum atomic E-state index is -1.49. The number of carbonyl (C=O) groups excluding carboxylic acids is 1. The first-order chi connectivity index (χ1) is 17.8. The Hall–Kier alpha value is -2.40. The van der Waals surface area contributed by atoms with Crippen molar-refractivity contribution in [3.05, 3.63) is 85.5 Å². The molecule has 2 aliphatic rings. The molecule has 1 heterocycles. The molecule has 1 aliphatic heterocycles. The van der Waals surface area contributed by atoms with E-state index in [0.717, 1.165) is 33.4 Å². The number of benzene rings is 3. The van der Waals surface area contributed by atoms with E-state index in [1.54, 1.807) is 4.90 Å². The van der Waals surface area contributed by atoms with Gasteiger partial charge < -0.3 is 19.7 Å². The summed E-state index contributed by atoms with van der Waals surface area (Å²) in [5, 5.41) is 19.9. The van der Waals surface area contributed by atoms with Crippen molar-refractivity contribution < 1.29 is 19.6 Å². The summed E-state index contributed by atoms with van der Waals surface area (Å²) in [6.45, 7) is 9.74. The Labute approximate surface area is 232 Å². The molecule has 5 rings (SSSR count). The summed E-state index contributed by atoms with van der Waals surface area (Å²) < 4.78 is 6.92. The summed E-state index contributed by atoms with van der Waals surface area (Å²) in [7, 11) is -1.49. The fraction of sp³-hybridized carbons (Fsp3) is 0.345. The van der Waals surface area contributed by atoms with Gasteiger partial charge in [-0.05, 0) is 93.3 Å². The van der Waals surface area contributed by atoms with Crippen LogP contribution in [0.4, 0.5) is 4.79 Å². The first kappa shape index (κ1) is 26.2. The molecule has 37 heavy (non-hydrogen) atoms. The Bertz CT molecular complexity index is 1290. The van der Waals surface area contributed by atoms with Crippen molar-refractivity contribution in [3.8, 4) is 11.1 Å². The highest BCUT2D eigenvalue weighted by Gasteiger charge is 2.31. The zero-order valence-corrected chi connectivity index (χ0v) is 23.7. The van der Waals surface area contributed by atoms with Crippen molar-refractivity contribution >= 4 is 41.3 Å². The fourth-order valence-corrected chi connectivity index (χ4v) is 6.50. The molecule has 0 radical (unpaired) electrons. The Balaban J connectivity index is 1.21. The van der Waals surface area contributed by atoms with Gasteiger partial charge in [-0.1, -0.05) is 48.5 Å². The second-order valence-corrected chi connectivity index (χ2v) is 11.1. The summed E-state index contributed by atoms with van der Waals surface area (Å²) in [6.07, 6.45) is -0.260. The van der Waals surface area contributed by atoms with Crippen LogP contribution < -0.4 is 5.46 Å². The van der Waals surface area contributed by atoms with Gasteiger partial charge in [0.05, 0.1) is 0 Å². The van der Waals surface area contributed by atoms with Gasteiger partial charge in [-0.25, -0.2) is 4.79 Å². The molecule has 0 atom stereocenters. The normalized spacial score (nSPS) is 15.5. The third kappa shape index (κ3) is 4.92. The van der Waals surface area contributed by atoms with Gasteiger partial charge in [0.1, 0.15) is 6.61 Å². The lowest BCUT2D eigenvalue weighted by Gasteiger charge is -2.35. The number of hydrogen-bond acceptors (Lipinski definition) is 5. The predicted molar refractivity (Wildman–Crippen MR) is 155 cm³/mol. The van der Waals surface area contributed by atoms with E-state index in [1.165, 1.54) is 27.8 Å². The summed E-state index contributed by atoms with van der Waals surface area (Å²) in [5.74, 6) is 0.0590. The van der Waals surface area contributed by atoms with Gasteiger partial charge in [0, 0.05) is 42.2 Å². The SMILES string of the molecule is Cc1c(I)c(C)c(B(O)O)c(C)c1CN1CCN(C(=O)OCC2c3ccccc3-c3ccccc32)CC1. The maximum absolute atomic E-state index is 13.0. The van der Waals surface area contributed by atoms with Crippen molar-refractivity contribution in [1.82, 2.24) is 9.80 Å². The maximum Gasteiger partial charge on any atom is 0.489 e. The van der Waals surface area contributed by atoms with Crippen LogP contribution in [0.2, 0.25) is 0 Å². The first-order valence-corrected chi connectivity index (χ1v) is 13.8. The molecule has 1 fully saturated rings. The van der Waals surface area contributed by atoms with Crippen molar-refractivity contribution in [2.75, 3.05) is 32.8 Å². The van der Waals surface area contributed by atoms with Gasteiger partial charge in [0.25, 0.3) is 0 Å². The minimum absolute atomic E-state index is 0.0590. The molecule has 0 saturated carbocycles. The number of rotatable bonds is 5. The van der Waals surface area contributed by atoms with Crippen LogP contribution in [0.5, 0.6) is 0 Å². The molecule has 0 unspecified atom stereocenters. The lowest BCUT2D eigenvalue weighted by molar-refractivity contribution is 0.0727. The molecule has 3 aromatic rings. The largest absolute Gasteiger partial charge is 0.489 e. The molecule has 0 bridgehead atoms. The average molecular weight is 610 g/mol.